The summed E-state index contributed by atoms with van der Waals surface area (Å²) in [4.78, 5) is 0. The summed E-state index contributed by atoms with van der Waals surface area (Å²) in [6.07, 6.45) is 0.165. The van der Waals surface area contributed by atoms with E-state index >= 15 is 0 Å². The quantitative estimate of drug-likeness (QED) is 0.659. The molecule has 0 saturated carbocycles. The second-order valence-corrected chi connectivity index (χ2v) is 4.70. The maximum Gasteiger partial charge on any atom is 0.220 e. The molecule has 3 heteroatoms. The van der Waals surface area contributed by atoms with Crippen LogP contribution in [0.5, 0.6) is 0 Å². The van der Waals surface area contributed by atoms with Crippen LogP contribution in [-0.4, -0.2) is 10.1 Å². The maximum absolute atomic E-state index is 5.48. The standard InChI is InChI=1S/C10H10OS2/c1-7-2-4-8(5-3-7)9-6-13-10(12)11-9/h2-5,9H,6H2,1H3. The molecule has 0 N–H and O–H groups in total. The van der Waals surface area contributed by atoms with Crippen molar-refractivity contribution in [2.45, 2.75) is 13.0 Å². The zero-order valence-electron chi connectivity index (χ0n) is 7.32. The lowest BCUT2D eigenvalue weighted by atomic mass is 10.1. The minimum atomic E-state index is 0.165. The summed E-state index contributed by atoms with van der Waals surface area (Å²) in [5, 5.41) is 0. The van der Waals surface area contributed by atoms with E-state index in [9.17, 15) is 0 Å². The Morgan fingerprint density at radius 3 is 2.62 bits per heavy atom. The average Bonchev–Trinajstić information content (AvgIpc) is 2.53. The molecule has 0 bridgehead atoms. The van der Waals surface area contributed by atoms with E-state index < -0.39 is 0 Å². The molecule has 0 amide bonds. The molecule has 0 spiro atoms. The van der Waals surface area contributed by atoms with Gasteiger partial charge >= 0.3 is 0 Å². The van der Waals surface area contributed by atoms with Gasteiger partial charge in [-0.15, -0.1) is 0 Å². The Balaban J connectivity index is 2.17. The Morgan fingerprint density at radius 2 is 2.08 bits per heavy atom. The molecule has 0 aromatic heterocycles. The van der Waals surface area contributed by atoms with E-state index in [1.807, 2.05) is 0 Å². The van der Waals surface area contributed by atoms with Gasteiger partial charge in [0.1, 0.15) is 6.10 Å². The van der Waals surface area contributed by atoms with E-state index in [4.69, 9.17) is 17.0 Å². The lowest BCUT2D eigenvalue weighted by Gasteiger charge is -2.08. The number of ether oxygens (including phenoxy) is 1. The fraction of sp³-hybridized carbons (Fsp3) is 0.300. The first-order valence-corrected chi connectivity index (χ1v) is 5.55. The van der Waals surface area contributed by atoms with Gasteiger partial charge in [-0.3, -0.25) is 0 Å². The Hall–Kier alpha value is -0.540. The van der Waals surface area contributed by atoms with Crippen molar-refractivity contribution in [1.82, 2.24) is 0 Å². The third-order valence-corrected chi connectivity index (χ3v) is 3.29. The van der Waals surface area contributed by atoms with Crippen LogP contribution in [0, 0.1) is 6.92 Å². The molecule has 1 aliphatic heterocycles. The normalized spacial score (nSPS) is 21.6. The summed E-state index contributed by atoms with van der Waals surface area (Å²) in [5.74, 6) is 0.946. The molecule has 1 unspecified atom stereocenters. The van der Waals surface area contributed by atoms with Crippen molar-refractivity contribution in [3.63, 3.8) is 0 Å². The van der Waals surface area contributed by atoms with Crippen LogP contribution in [-0.2, 0) is 4.74 Å². The van der Waals surface area contributed by atoms with Crippen LogP contribution < -0.4 is 0 Å². The minimum Gasteiger partial charge on any atom is -0.469 e. The molecule has 1 heterocycles. The molecule has 0 radical (unpaired) electrons. The number of thioether (sulfide) groups is 1. The highest BCUT2D eigenvalue weighted by Crippen LogP contribution is 2.31. The predicted octanol–water partition coefficient (Wildman–Crippen LogP) is 3.08. The molecule has 2 rings (SSSR count). The molecule has 1 atom stereocenters. The summed E-state index contributed by atoms with van der Waals surface area (Å²) in [5.41, 5.74) is 2.50. The number of aryl methyl sites for hydroxylation is 1. The van der Waals surface area contributed by atoms with Crippen LogP contribution in [0.15, 0.2) is 24.3 Å². The lowest BCUT2D eigenvalue weighted by molar-refractivity contribution is 0.242. The van der Waals surface area contributed by atoms with Gasteiger partial charge in [0.05, 0.1) is 0 Å². The van der Waals surface area contributed by atoms with E-state index in [1.54, 1.807) is 11.8 Å². The van der Waals surface area contributed by atoms with Crippen molar-refractivity contribution in [3.05, 3.63) is 35.4 Å². The van der Waals surface area contributed by atoms with Crippen LogP contribution in [0.4, 0.5) is 0 Å². The van der Waals surface area contributed by atoms with Gasteiger partial charge in [0.2, 0.25) is 4.38 Å². The Bertz CT molecular complexity index is 318. The van der Waals surface area contributed by atoms with Gasteiger partial charge in [0.25, 0.3) is 0 Å². The molecule has 1 fully saturated rings. The number of benzene rings is 1. The topological polar surface area (TPSA) is 9.23 Å². The van der Waals surface area contributed by atoms with Crippen LogP contribution in [0.2, 0.25) is 0 Å². The molecule has 1 aliphatic rings. The lowest BCUT2D eigenvalue weighted by Crippen LogP contribution is -1.99. The third-order valence-electron chi connectivity index (χ3n) is 2.04. The minimum absolute atomic E-state index is 0.165. The fourth-order valence-corrected chi connectivity index (χ4v) is 2.33. The summed E-state index contributed by atoms with van der Waals surface area (Å²) in [6, 6.07) is 8.42. The van der Waals surface area contributed by atoms with Crippen LogP contribution in [0.1, 0.15) is 17.2 Å². The van der Waals surface area contributed by atoms with E-state index in [0.717, 1.165) is 5.75 Å². The molecule has 1 aromatic rings. The van der Waals surface area contributed by atoms with Crippen LogP contribution in [0.25, 0.3) is 0 Å². The highest BCUT2D eigenvalue weighted by molar-refractivity contribution is 8.22. The molecule has 68 valence electrons. The van der Waals surface area contributed by atoms with Gasteiger partial charge in [-0.1, -0.05) is 41.6 Å². The number of hydrogen-bond acceptors (Lipinski definition) is 3. The van der Waals surface area contributed by atoms with E-state index in [1.165, 1.54) is 11.1 Å². The summed E-state index contributed by atoms with van der Waals surface area (Å²) < 4.78 is 6.15. The second-order valence-electron chi connectivity index (χ2n) is 3.08. The molecule has 1 nitrogen and oxygen atoms in total. The van der Waals surface area contributed by atoms with Crippen molar-refractivity contribution >= 4 is 28.4 Å². The maximum atomic E-state index is 5.48. The highest BCUT2D eigenvalue weighted by Gasteiger charge is 2.22. The van der Waals surface area contributed by atoms with Crippen molar-refractivity contribution < 1.29 is 4.74 Å². The predicted molar refractivity (Wildman–Crippen MR) is 60.1 cm³/mol. The fourth-order valence-electron chi connectivity index (χ4n) is 1.27. The molecule has 0 aliphatic carbocycles. The first-order valence-electron chi connectivity index (χ1n) is 4.16. The van der Waals surface area contributed by atoms with Gasteiger partial charge in [-0.05, 0) is 24.7 Å². The van der Waals surface area contributed by atoms with Gasteiger partial charge in [0.15, 0.2) is 0 Å². The van der Waals surface area contributed by atoms with Gasteiger partial charge in [0, 0.05) is 5.75 Å². The zero-order chi connectivity index (χ0) is 9.26. The van der Waals surface area contributed by atoms with Crippen molar-refractivity contribution in [1.29, 1.82) is 0 Å². The SMILES string of the molecule is Cc1ccc(C2CSC(=S)O2)cc1. The Morgan fingerprint density at radius 1 is 1.38 bits per heavy atom. The van der Waals surface area contributed by atoms with Gasteiger partial charge in [-0.2, -0.15) is 0 Å². The largest absolute Gasteiger partial charge is 0.469 e. The van der Waals surface area contributed by atoms with Crippen molar-refractivity contribution in [2.75, 3.05) is 5.75 Å². The smallest absolute Gasteiger partial charge is 0.220 e. The number of thiocarbonyl (C=S) groups is 1. The van der Waals surface area contributed by atoms with E-state index in [0.29, 0.717) is 4.38 Å². The van der Waals surface area contributed by atoms with Crippen molar-refractivity contribution in [2.24, 2.45) is 0 Å². The number of rotatable bonds is 1. The molecular weight excluding hydrogens is 200 g/mol. The van der Waals surface area contributed by atoms with Crippen molar-refractivity contribution in [3.8, 4) is 0 Å². The Labute approximate surface area is 87.5 Å². The summed E-state index contributed by atoms with van der Waals surface area (Å²) >= 11 is 6.58. The first kappa shape index (κ1) is 9.03. The second kappa shape index (κ2) is 3.68. The number of hydrogen-bond donors (Lipinski definition) is 0. The molecule has 13 heavy (non-hydrogen) atoms. The first-order chi connectivity index (χ1) is 6.25. The molecular formula is C10H10OS2. The Kier molecular flexibility index (Phi) is 2.56. The van der Waals surface area contributed by atoms with Gasteiger partial charge in [-0.25, -0.2) is 0 Å². The highest BCUT2D eigenvalue weighted by atomic mass is 32.2. The van der Waals surface area contributed by atoms with E-state index in [2.05, 4.69) is 31.2 Å². The third kappa shape index (κ3) is 2.03. The van der Waals surface area contributed by atoms with E-state index in [-0.39, 0.29) is 6.10 Å². The molecule has 1 saturated heterocycles. The average molecular weight is 210 g/mol. The molecule has 1 aromatic carbocycles. The summed E-state index contributed by atoms with van der Waals surface area (Å²) in [7, 11) is 0. The van der Waals surface area contributed by atoms with Crippen LogP contribution >= 0.6 is 24.0 Å². The van der Waals surface area contributed by atoms with Gasteiger partial charge < -0.3 is 4.74 Å². The van der Waals surface area contributed by atoms with Crippen LogP contribution in [0.3, 0.4) is 0 Å². The summed E-state index contributed by atoms with van der Waals surface area (Å²) in [6.45, 7) is 2.08. The zero-order valence-corrected chi connectivity index (χ0v) is 8.95. The monoisotopic (exact) mass is 210 g/mol.